The van der Waals surface area contributed by atoms with Crippen molar-refractivity contribution in [2.75, 3.05) is 48.4 Å². The van der Waals surface area contributed by atoms with Crippen LogP contribution in [-0.4, -0.2) is 57.8 Å². The third kappa shape index (κ3) is 5.07. The smallest absolute Gasteiger partial charge is 0.228 e. The van der Waals surface area contributed by atoms with Gasteiger partial charge in [-0.2, -0.15) is 4.98 Å². The third-order valence-corrected chi connectivity index (χ3v) is 6.68. The lowest BCUT2D eigenvalue weighted by molar-refractivity contribution is 0.122. The lowest BCUT2D eigenvalue weighted by atomic mass is 10.1. The number of nitrogens with one attached hydrogen (secondary N) is 1. The minimum atomic E-state index is 0.250. The molecule has 10 nitrogen and oxygen atoms in total. The number of nitrogens with two attached hydrogens (primary N) is 1. The Morgan fingerprint density at radius 2 is 1.68 bits per heavy atom. The van der Waals surface area contributed by atoms with E-state index in [0.29, 0.717) is 19.2 Å². The molecule has 3 aromatic heterocycles. The number of nitrogen functional groups attached to an aromatic ring is 1. The van der Waals surface area contributed by atoms with Crippen LogP contribution < -0.4 is 20.9 Å². The molecule has 4 aromatic rings. The van der Waals surface area contributed by atoms with Gasteiger partial charge in [-0.25, -0.2) is 15.0 Å². The number of fused-ring (bicyclic) bond motifs is 1. The van der Waals surface area contributed by atoms with Gasteiger partial charge in [-0.1, -0.05) is 18.2 Å². The zero-order valence-electron chi connectivity index (χ0n) is 20.5. The standard InChI is InChI=1S/C27H29N9O/c28-26-31-17-21(18-32-26)24-23-7-9-36(25(23)34-27(33-24)35-10-12-37-13-11-35)22-5-3-19(4-6-22)14-30-16-20-2-1-8-29-15-20/h1-6,8,15,17-18,30H,7,9-14,16H2,(H2,28,31,32). The number of pyridine rings is 1. The maximum atomic E-state index is 5.74. The lowest BCUT2D eigenvalue weighted by Crippen LogP contribution is -2.37. The zero-order chi connectivity index (χ0) is 25.0. The van der Waals surface area contributed by atoms with Crippen molar-refractivity contribution >= 4 is 23.4 Å². The van der Waals surface area contributed by atoms with Crippen molar-refractivity contribution in [1.29, 1.82) is 0 Å². The number of hydrogen-bond acceptors (Lipinski definition) is 10. The van der Waals surface area contributed by atoms with E-state index in [1.54, 1.807) is 18.6 Å². The van der Waals surface area contributed by atoms with Crippen molar-refractivity contribution in [3.8, 4) is 11.3 Å². The first-order valence-corrected chi connectivity index (χ1v) is 12.5. The molecule has 188 valence electrons. The number of morpholine rings is 1. The number of benzene rings is 1. The molecule has 0 spiro atoms. The fourth-order valence-corrected chi connectivity index (χ4v) is 4.75. The van der Waals surface area contributed by atoms with E-state index < -0.39 is 0 Å². The van der Waals surface area contributed by atoms with Crippen LogP contribution in [-0.2, 0) is 24.2 Å². The Morgan fingerprint density at radius 3 is 2.43 bits per heavy atom. The second kappa shape index (κ2) is 10.5. The Morgan fingerprint density at radius 1 is 0.892 bits per heavy atom. The Labute approximate surface area is 215 Å². The van der Waals surface area contributed by atoms with E-state index in [9.17, 15) is 0 Å². The fourth-order valence-electron chi connectivity index (χ4n) is 4.75. The molecule has 0 saturated carbocycles. The highest BCUT2D eigenvalue weighted by Gasteiger charge is 2.29. The maximum Gasteiger partial charge on any atom is 0.228 e. The summed E-state index contributed by atoms with van der Waals surface area (Å²) in [5.74, 6) is 1.89. The molecule has 0 bridgehead atoms. The molecule has 0 radical (unpaired) electrons. The Balaban J connectivity index is 1.26. The molecule has 2 aliphatic rings. The molecular weight excluding hydrogens is 466 g/mol. The van der Waals surface area contributed by atoms with E-state index in [1.807, 2.05) is 12.3 Å². The average Bonchev–Trinajstić information content (AvgIpc) is 3.39. The molecule has 0 atom stereocenters. The minimum absolute atomic E-state index is 0.250. The summed E-state index contributed by atoms with van der Waals surface area (Å²) in [5.41, 5.74) is 12.1. The maximum absolute atomic E-state index is 5.74. The Bertz CT molecular complexity index is 1340. The van der Waals surface area contributed by atoms with Gasteiger partial charge in [-0.15, -0.1) is 0 Å². The third-order valence-electron chi connectivity index (χ3n) is 6.68. The molecule has 1 fully saturated rings. The van der Waals surface area contributed by atoms with Crippen molar-refractivity contribution in [1.82, 2.24) is 30.2 Å². The Kier molecular flexibility index (Phi) is 6.57. The molecule has 3 N–H and O–H groups in total. The SMILES string of the molecule is Nc1ncc(-c2nc(N3CCOCC3)nc3c2CCN3c2ccc(CNCc3cccnc3)cc2)cn1. The monoisotopic (exact) mass is 495 g/mol. The average molecular weight is 496 g/mol. The first kappa shape index (κ1) is 23.3. The molecule has 0 unspecified atom stereocenters. The number of hydrogen-bond donors (Lipinski definition) is 2. The molecule has 6 rings (SSSR count). The van der Waals surface area contributed by atoms with Crippen LogP contribution in [0.4, 0.5) is 23.4 Å². The van der Waals surface area contributed by atoms with Crippen LogP contribution in [0.5, 0.6) is 0 Å². The van der Waals surface area contributed by atoms with E-state index in [2.05, 4.69) is 60.4 Å². The highest BCUT2D eigenvalue weighted by atomic mass is 16.5. The summed E-state index contributed by atoms with van der Waals surface area (Å²) in [4.78, 5) is 27.0. The molecule has 37 heavy (non-hydrogen) atoms. The van der Waals surface area contributed by atoms with Crippen LogP contribution in [0.25, 0.3) is 11.3 Å². The quantitative estimate of drug-likeness (QED) is 0.396. The first-order valence-electron chi connectivity index (χ1n) is 12.5. The van der Waals surface area contributed by atoms with Gasteiger partial charge in [0.2, 0.25) is 11.9 Å². The molecule has 0 aliphatic carbocycles. The molecule has 1 saturated heterocycles. The van der Waals surface area contributed by atoms with Crippen LogP contribution in [0.2, 0.25) is 0 Å². The fraction of sp³-hybridized carbons (Fsp3) is 0.296. The summed E-state index contributed by atoms with van der Waals surface area (Å²) in [6.07, 6.45) is 8.00. The van der Waals surface area contributed by atoms with Crippen LogP contribution in [0, 0.1) is 0 Å². The van der Waals surface area contributed by atoms with E-state index in [-0.39, 0.29) is 5.95 Å². The van der Waals surface area contributed by atoms with Crippen molar-refractivity contribution in [3.63, 3.8) is 0 Å². The van der Waals surface area contributed by atoms with Gasteiger partial charge in [0.25, 0.3) is 0 Å². The lowest BCUT2D eigenvalue weighted by Gasteiger charge is -2.28. The summed E-state index contributed by atoms with van der Waals surface area (Å²) in [7, 11) is 0. The predicted molar refractivity (Wildman–Crippen MR) is 142 cm³/mol. The minimum Gasteiger partial charge on any atom is -0.378 e. The zero-order valence-corrected chi connectivity index (χ0v) is 20.5. The molecular formula is C27H29N9O. The highest BCUT2D eigenvalue weighted by molar-refractivity contribution is 5.76. The van der Waals surface area contributed by atoms with Crippen molar-refractivity contribution < 1.29 is 4.74 Å². The number of ether oxygens (including phenoxy) is 1. The van der Waals surface area contributed by atoms with Gasteiger partial charge in [0, 0.05) is 74.3 Å². The van der Waals surface area contributed by atoms with Crippen LogP contribution in [0.15, 0.2) is 61.2 Å². The van der Waals surface area contributed by atoms with Gasteiger partial charge in [-0.3, -0.25) is 4.98 Å². The molecule has 1 aromatic carbocycles. The van der Waals surface area contributed by atoms with Crippen LogP contribution >= 0.6 is 0 Å². The number of nitrogens with zero attached hydrogens (tertiary/aromatic N) is 7. The van der Waals surface area contributed by atoms with Crippen molar-refractivity contribution in [2.24, 2.45) is 0 Å². The van der Waals surface area contributed by atoms with Crippen molar-refractivity contribution in [3.05, 3.63) is 77.9 Å². The summed E-state index contributed by atoms with van der Waals surface area (Å²) < 4.78 is 5.55. The van der Waals surface area contributed by atoms with Gasteiger partial charge in [0.1, 0.15) is 5.82 Å². The summed E-state index contributed by atoms with van der Waals surface area (Å²) in [6, 6.07) is 12.7. The van der Waals surface area contributed by atoms with Gasteiger partial charge < -0.3 is 25.6 Å². The largest absolute Gasteiger partial charge is 0.378 e. The van der Waals surface area contributed by atoms with Crippen molar-refractivity contribution in [2.45, 2.75) is 19.5 Å². The van der Waals surface area contributed by atoms with Crippen LogP contribution in [0.3, 0.4) is 0 Å². The molecule has 0 amide bonds. The van der Waals surface area contributed by atoms with Gasteiger partial charge in [0.05, 0.1) is 18.9 Å². The first-order chi connectivity index (χ1) is 18.2. The normalized spacial score (nSPS) is 15.1. The van der Waals surface area contributed by atoms with E-state index >= 15 is 0 Å². The number of aromatic nitrogens is 5. The second-order valence-electron chi connectivity index (χ2n) is 9.14. The van der Waals surface area contributed by atoms with E-state index in [0.717, 1.165) is 67.5 Å². The number of rotatable bonds is 7. The van der Waals surface area contributed by atoms with Gasteiger partial charge in [0.15, 0.2) is 0 Å². The second-order valence-corrected chi connectivity index (χ2v) is 9.14. The molecule has 10 heteroatoms. The highest BCUT2D eigenvalue weighted by Crippen LogP contribution is 2.39. The topological polar surface area (TPSA) is 118 Å². The molecule has 5 heterocycles. The van der Waals surface area contributed by atoms with Gasteiger partial charge >= 0.3 is 0 Å². The summed E-state index contributed by atoms with van der Waals surface area (Å²) in [6.45, 7) is 5.26. The molecule has 2 aliphatic heterocycles. The summed E-state index contributed by atoms with van der Waals surface area (Å²) >= 11 is 0. The van der Waals surface area contributed by atoms with E-state index in [4.69, 9.17) is 20.4 Å². The number of anilines is 4. The van der Waals surface area contributed by atoms with E-state index in [1.165, 1.54) is 11.1 Å². The summed E-state index contributed by atoms with van der Waals surface area (Å²) in [5, 5.41) is 3.49. The predicted octanol–water partition coefficient (Wildman–Crippen LogP) is 2.73. The van der Waals surface area contributed by atoms with Crippen LogP contribution in [0.1, 0.15) is 16.7 Å². The van der Waals surface area contributed by atoms with Gasteiger partial charge in [-0.05, 0) is 35.7 Å². The Hall–Kier alpha value is -4.15.